The average molecular weight is 349 g/mol. The van der Waals surface area contributed by atoms with Crippen LogP contribution in [0.5, 0.6) is 0 Å². The van der Waals surface area contributed by atoms with Gasteiger partial charge in [0.05, 0.1) is 0 Å². The fraction of sp³-hybridized carbons (Fsp3) is 0.0667. The van der Waals surface area contributed by atoms with Crippen LogP contribution in [0.3, 0.4) is 0 Å². The molecule has 0 aliphatic rings. The van der Waals surface area contributed by atoms with E-state index in [4.69, 9.17) is 5.11 Å². The zero-order valence-electron chi connectivity index (χ0n) is 11.2. The molecule has 21 heavy (non-hydrogen) atoms. The second-order valence-electron chi connectivity index (χ2n) is 4.41. The topological polar surface area (TPSA) is 71.3 Å². The number of anilines is 1. The third-order valence-corrected chi connectivity index (χ3v) is 3.20. The van der Waals surface area contributed by atoms with Crippen molar-refractivity contribution in [3.05, 3.63) is 58.3 Å². The third-order valence-electron chi connectivity index (χ3n) is 2.77. The lowest BCUT2D eigenvalue weighted by atomic mass is 10.2. The quantitative estimate of drug-likeness (QED) is 0.833. The minimum atomic E-state index is -1.02. The van der Waals surface area contributed by atoms with Gasteiger partial charge in [-0.05, 0) is 45.8 Å². The summed E-state index contributed by atoms with van der Waals surface area (Å²) in [5.74, 6) is -1.25. The van der Waals surface area contributed by atoms with Crippen LogP contribution in [0.15, 0.2) is 47.1 Å². The van der Waals surface area contributed by atoms with Crippen molar-refractivity contribution in [3.63, 3.8) is 0 Å². The van der Waals surface area contributed by atoms with Crippen molar-refractivity contribution < 1.29 is 14.7 Å². The minimum Gasteiger partial charge on any atom is -0.478 e. The summed E-state index contributed by atoms with van der Waals surface area (Å²) in [4.78, 5) is 22.7. The number of halogens is 1. The summed E-state index contributed by atoms with van der Waals surface area (Å²) in [5, 5.41) is 11.4. The van der Waals surface area contributed by atoms with Gasteiger partial charge in [0.2, 0.25) is 0 Å². The Hall–Kier alpha value is -2.34. The highest BCUT2D eigenvalue weighted by molar-refractivity contribution is 9.10. The molecule has 0 spiro atoms. The van der Waals surface area contributed by atoms with Crippen molar-refractivity contribution in [1.82, 2.24) is 4.57 Å². The van der Waals surface area contributed by atoms with Gasteiger partial charge in [-0.3, -0.25) is 4.79 Å². The lowest BCUT2D eigenvalue weighted by Crippen LogP contribution is -2.15. The lowest BCUT2D eigenvalue weighted by Gasteiger charge is -2.06. The normalized spacial score (nSPS) is 10.8. The smallest absolute Gasteiger partial charge is 0.328 e. The first-order valence-electron chi connectivity index (χ1n) is 6.10. The van der Waals surface area contributed by atoms with Crippen molar-refractivity contribution in [2.75, 3.05) is 5.32 Å². The van der Waals surface area contributed by atoms with E-state index < -0.39 is 5.97 Å². The molecule has 2 aromatic rings. The zero-order valence-corrected chi connectivity index (χ0v) is 12.8. The van der Waals surface area contributed by atoms with Gasteiger partial charge in [0.1, 0.15) is 5.69 Å². The van der Waals surface area contributed by atoms with E-state index in [9.17, 15) is 9.59 Å². The van der Waals surface area contributed by atoms with E-state index in [1.807, 2.05) is 0 Å². The first-order chi connectivity index (χ1) is 9.95. The number of nitrogens with zero attached hydrogens (tertiary/aromatic N) is 1. The molecule has 108 valence electrons. The maximum atomic E-state index is 12.2. The first kappa shape index (κ1) is 15.1. The van der Waals surface area contributed by atoms with Gasteiger partial charge in [0, 0.05) is 29.5 Å². The van der Waals surface area contributed by atoms with Crippen LogP contribution in [0, 0.1) is 0 Å². The number of benzene rings is 1. The summed E-state index contributed by atoms with van der Waals surface area (Å²) in [6, 6.07) is 8.68. The van der Waals surface area contributed by atoms with Gasteiger partial charge >= 0.3 is 5.97 Å². The summed E-state index contributed by atoms with van der Waals surface area (Å²) < 4.78 is 2.54. The Labute approximate surface area is 130 Å². The summed E-state index contributed by atoms with van der Waals surface area (Å²) in [6.07, 6.45) is 4.31. The SMILES string of the molecule is Cn1cc(Br)cc1C(=O)Nc1cccc(/C=C/C(=O)O)c1. The summed E-state index contributed by atoms with van der Waals surface area (Å²) in [7, 11) is 1.78. The maximum Gasteiger partial charge on any atom is 0.328 e. The van der Waals surface area contributed by atoms with Crippen molar-refractivity contribution in [2.24, 2.45) is 7.05 Å². The molecular weight excluding hydrogens is 336 g/mol. The summed E-state index contributed by atoms with van der Waals surface area (Å²) in [6.45, 7) is 0. The number of hydrogen-bond acceptors (Lipinski definition) is 2. The highest BCUT2D eigenvalue weighted by atomic mass is 79.9. The molecule has 1 aromatic heterocycles. The Morgan fingerprint density at radius 1 is 1.33 bits per heavy atom. The van der Waals surface area contributed by atoms with Crippen LogP contribution in [0.4, 0.5) is 5.69 Å². The molecule has 1 heterocycles. The number of aryl methyl sites for hydroxylation is 1. The zero-order chi connectivity index (χ0) is 15.4. The van der Waals surface area contributed by atoms with Gasteiger partial charge in [0.25, 0.3) is 5.91 Å². The molecule has 0 fully saturated rings. The Bertz CT molecular complexity index is 719. The number of nitrogens with one attached hydrogen (secondary N) is 1. The van der Waals surface area contributed by atoms with E-state index in [1.165, 1.54) is 6.08 Å². The van der Waals surface area contributed by atoms with Crippen LogP contribution in [-0.2, 0) is 11.8 Å². The van der Waals surface area contributed by atoms with Crippen molar-refractivity contribution in [2.45, 2.75) is 0 Å². The van der Waals surface area contributed by atoms with E-state index in [-0.39, 0.29) is 5.91 Å². The molecule has 0 saturated carbocycles. The highest BCUT2D eigenvalue weighted by Crippen LogP contribution is 2.17. The van der Waals surface area contributed by atoms with Crippen LogP contribution < -0.4 is 5.32 Å². The number of amides is 1. The molecule has 6 heteroatoms. The lowest BCUT2D eigenvalue weighted by molar-refractivity contribution is -0.131. The number of aromatic nitrogens is 1. The maximum absolute atomic E-state index is 12.2. The Kier molecular flexibility index (Phi) is 4.59. The Balaban J connectivity index is 2.16. The molecule has 0 bridgehead atoms. The predicted octanol–water partition coefficient (Wildman–Crippen LogP) is 3.14. The molecule has 0 radical (unpaired) electrons. The van der Waals surface area contributed by atoms with Gasteiger partial charge in [0.15, 0.2) is 0 Å². The Morgan fingerprint density at radius 3 is 2.71 bits per heavy atom. The van der Waals surface area contributed by atoms with E-state index in [2.05, 4.69) is 21.2 Å². The number of carboxylic acids is 1. The second-order valence-corrected chi connectivity index (χ2v) is 5.32. The van der Waals surface area contributed by atoms with Gasteiger partial charge in [-0.25, -0.2) is 4.79 Å². The summed E-state index contributed by atoms with van der Waals surface area (Å²) in [5.41, 5.74) is 1.82. The molecule has 2 rings (SSSR count). The molecule has 0 atom stereocenters. The third kappa shape index (κ3) is 4.06. The fourth-order valence-electron chi connectivity index (χ4n) is 1.83. The number of aliphatic carboxylic acids is 1. The van der Waals surface area contributed by atoms with Crippen LogP contribution in [0.25, 0.3) is 6.08 Å². The van der Waals surface area contributed by atoms with Crippen LogP contribution in [0.2, 0.25) is 0 Å². The number of hydrogen-bond donors (Lipinski definition) is 2. The molecule has 1 aromatic carbocycles. The Morgan fingerprint density at radius 2 is 2.10 bits per heavy atom. The van der Waals surface area contributed by atoms with Crippen molar-refractivity contribution in [3.8, 4) is 0 Å². The van der Waals surface area contributed by atoms with E-state index in [1.54, 1.807) is 48.1 Å². The first-order valence-corrected chi connectivity index (χ1v) is 6.89. The molecule has 0 saturated heterocycles. The predicted molar refractivity (Wildman–Crippen MR) is 84.2 cm³/mol. The minimum absolute atomic E-state index is 0.234. The highest BCUT2D eigenvalue weighted by Gasteiger charge is 2.11. The average Bonchev–Trinajstić information content (AvgIpc) is 2.76. The van der Waals surface area contributed by atoms with Crippen LogP contribution in [0.1, 0.15) is 16.1 Å². The largest absolute Gasteiger partial charge is 0.478 e. The molecular formula is C15H13BrN2O3. The van der Waals surface area contributed by atoms with Gasteiger partial charge < -0.3 is 15.0 Å². The second kappa shape index (κ2) is 6.41. The molecule has 0 aliphatic heterocycles. The standard InChI is InChI=1S/C15H13BrN2O3/c1-18-9-11(16)8-13(18)15(21)17-12-4-2-3-10(7-12)5-6-14(19)20/h2-9H,1H3,(H,17,21)(H,19,20)/b6-5+. The van der Waals surface area contributed by atoms with E-state index in [0.29, 0.717) is 16.9 Å². The molecule has 2 N–H and O–H groups in total. The van der Waals surface area contributed by atoms with Crippen LogP contribution in [-0.4, -0.2) is 21.6 Å². The van der Waals surface area contributed by atoms with Gasteiger partial charge in [-0.15, -0.1) is 0 Å². The van der Waals surface area contributed by atoms with Crippen molar-refractivity contribution in [1.29, 1.82) is 0 Å². The van der Waals surface area contributed by atoms with Crippen molar-refractivity contribution >= 4 is 39.6 Å². The molecule has 1 amide bonds. The number of carbonyl (C=O) groups excluding carboxylic acids is 1. The molecule has 0 unspecified atom stereocenters. The summed E-state index contributed by atoms with van der Waals surface area (Å²) >= 11 is 3.32. The van der Waals surface area contributed by atoms with Gasteiger partial charge in [-0.1, -0.05) is 12.1 Å². The molecule has 5 nitrogen and oxygen atoms in total. The number of carbonyl (C=O) groups is 2. The monoisotopic (exact) mass is 348 g/mol. The number of carboxylic acid groups (broad SMARTS) is 1. The van der Waals surface area contributed by atoms with Crippen LogP contribution >= 0.6 is 15.9 Å². The van der Waals surface area contributed by atoms with E-state index in [0.717, 1.165) is 10.5 Å². The molecule has 0 aliphatic carbocycles. The van der Waals surface area contributed by atoms with Gasteiger partial charge in [-0.2, -0.15) is 0 Å². The van der Waals surface area contributed by atoms with E-state index >= 15 is 0 Å². The fourth-order valence-corrected chi connectivity index (χ4v) is 2.36. The number of rotatable bonds is 4.